The number of hydrogen-bond donors (Lipinski definition) is 0. The summed E-state index contributed by atoms with van der Waals surface area (Å²) in [6, 6.07) is 18.2. The Balaban J connectivity index is 1.90. The van der Waals surface area contributed by atoms with Crippen LogP contribution in [-0.4, -0.2) is 76.7 Å². The fourth-order valence-corrected chi connectivity index (χ4v) is 4.20. The Morgan fingerprint density at radius 1 is 0.656 bits per heavy atom. The van der Waals surface area contributed by atoms with Crippen LogP contribution in [0.15, 0.2) is 48.5 Å². The molecule has 0 aromatic heterocycles. The standard InChI is InChI=1S/C28H46N2O2/c1-24(2)32-21-9-19-30(5,6)23-26-12-16-28(17-13-26)27-14-10-25(11-15-27)22-29(3,4)18-8-20-31-7/h10-17,24H,8-9,18-23H2,1-7H3/q+2. The second-order valence-corrected chi connectivity index (χ2v) is 10.6. The van der Waals surface area contributed by atoms with Gasteiger partial charge in [-0.05, 0) is 25.0 Å². The van der Waals surface area contributed by atoms with Crippen molar-refractivity contribution in [2.45, 2.75) is 45.9 Å². The van der Waals surface area contributed by atoms with E-state index in [0.29, 0.717) is 6.10 Å². The third-order valence-corrected chi connectivity index (χ3v) is 5.93. The number of nitrogens with zero attached hydrogens (tertiary/aromatic N) is 2. The lowest BCUT2D eigenvalue weighted by atomic mass is 10.0. The summed E-state index contributed by atoms with van der Waals surface area (Å²) in [7, 11) is 11.0. The number of ether oxygens (including phenoxy) is 2. The van der Waals surface area contributed by atoms with Crippen molar-refractivity contribution >= 4 is 0 Å². The van der Waals surface area contributed by atoms with Crippen LogP contribution in [0.5, 0.6) is 0 Å². The highest BCUT2D eigenvalue weighted by Crippen LogP contribution is 2.22. The quantitative estimate of drug-likeness (QED) is 0.290. The van der Waals surface area contributed by atoms with Gasteiger partial charge in [0.05, 0.1) is 60.6 Å². The highest BCUT2D eigenvalue weighted by Gasteiger charge is 2.17. The molecule has 0 saturated carbocycles. The molecular weight excluding hydrogens is 396 g/mol. The second-order valence-electron chi connectivity index (χ2n) is 10.6. The van der Waals surface area contributed by atoms with E-state index in [1.807, 2.05) is 0 Å². The van der Waals surface area contributed by atoms with Crippen molar-refractivity contribution in [1.82, 2.24) is 0 Å². The monoisotopic (exact) mass is 442 g/mol. The van der Waals surface area contributed by atoms with Gasteiger partial charge in [0.25, 0.3) is 0 Å². The van der Waals surface area contributed by atoms with Crippen molar-refractivity contribution in [2.75, 3.05) is 61.6 Å². The smallest absolute Gasteiger partial charge is 0.104 e. The molecule has 0 spiro atoms. The largest absolute Gasteiger partial charge is 0.384 e. The Labute approximate surface area is 196 Å². The van der Waals surface area contributed by atoms with E-state index in [2.05, 4.69) is 90.6 Å². The topological polar surface area (TPSA) is 18.5 Å². The predicted molar refractivity (Wildman–Crippen MR) is 135 cm³/mol. The SMILES string of the molecule is COCCC[N+](C)(C)Cc1ccc(-c2ccc(C[N+](C)(C)CCCOC(C)C)cc2)cc1. The highest BCUT2D eigenvalue weighted by atomic mass is 16.5. The summed E-state index contributed by atoms with van der Waals surface area (Å²) in [5.41, 5.74) is 5.33. The lowest BCUT2D eigenvalue weighted by molar-refractivity contribution is -0.903. The number of benzene rings is 2. The summed E-state index contributed by atoms with van der Waals surface area (Å²) < 4.78 is 12.9. The number of hydrogen-bond acceptors (Lipinski definition) is 2. The van der Waals surface area contributed by atoms with Gasteiger partial charge in [-0.1, -0.05) is 48.5 Å². The lowest BCUT2D eigenvalue weighted by Crippen LogP contribution is -2.40. The molecule has 2 aromatic carbocycles. The van der Waals surface area contributed by atoms with Crippen molar-refractivity contribution in [3.8, 4) is 11.1 Å². The Hall–Kier alpha value is -1.72. The zero-order valence-electron chi connectivity index (χ0n) is 21.6. The molecule has 178 valence electrons. The van der Waals surface area contributed by atoms with E-state index in [1.165, 1.54) is 22.3 Å². The van der Waals surface area contributed by atoms with Crippen molar-refractivity contribution in [2.24, 2.45) is 0 Å². The molecule has 2 rings (SSSR count). The van der Waals surface area contributed by atoms with Crippen molar-refractivity contribution < 1.29 is 18.4 Å². The molecule has 2 aromatic rings. The van der Waals surface area contributed by atoms with E-state index in [4.69, 9.17) is 9.47 Å². The summed E-state index contributed by atoms with van der Waals surface area (Å²) in [5, 5.41) is 0. The second kappa shape index (κ2) is 12.5. The van der Waals surface area contributed by atoms with Gasteiger partial charge in [-0.25, -0.2) is 0 Å². The van der Waals surface area contributed by atoms with Gasteiger partial charge in [0.15, 0.2) is 0 Å². The number of rotatable bonds is 14. The van der Waals surface area contributed by atoms with Crippen LogP contribution in [0.25, 0.3) is 11.1 Å². The molecule has 32 heavy (non-hydrogen) atoms. The molecule has 0 aliphatic carbocycles. The Morgan fingerprint density at radius 3 is 1.44 bits per heavy atom. The molecule has 0 N–H and O–H groups in total. The van der Waals surface area contributed by atoms with Crippen LogP contribution in [-0.2, 0) is 22.6 Å². The van der Waals surface area contributed by atoms with Crippen LogP contribution in [0.1, 0.15) is 37.8 Å². The highest BCUT2D eigenvalue weighted by molar-refractivity contribution is 5.63. The maximum atomic E-state index is 5.69. The number of methoxy groups -OCH3 is 1. The minimum atomic E-state index is 0.318. The Kier molecular flexibility index (Phi) is 10.4. The normalized spacial score (nSPS) is 12.5. The van der Waals surface area contributed by atoms with Gasteiger partial charge < -0.3 is 18.4 Å². The molecule has 4 nitrogen and oxygen atoms in total. The van der Waals surface area contributed by atoms with Gasteiger partial charge in [0.2, 0.25) is 0 Å². The summed E-state index contributed by atoms with van der Waals surface area (Å²) in [4.78, 5) is 0. The fraction of sp³-hybridized carbons (Fsp3) is 0.571. The van der Waals surface area contributed by atoms with Crippen LogP contribution >= 0.6 is 0 Å². The summed E-state index contributed by atoms with van der Waals surface area (Å²) >= 11 is 0. The van der Waals surface area contributed by atoms with Crippen LogP contribution < -0.4 is 0 Å². The summed E-state index contributed by atoms with van der Waals surface area (Å²) in [6.45, 7) is 10.2. The van der Waals surface area contributed by atoms with Crippen molar-refractivity contribution in [1.29, 1.82) is 0 Å². The molecule has 0 unspecified atom stereocenters. The van der Waals surface area contributed by atoms with Gasteiger partial charge in [-0.3, -0.25) is 0 Å². The third-order valence-electron chi connectivity index (χ3n) is 5.93. The Morgan fingerprint density at radius 2 is 1.06 bits per heavy atom. The van der Waals surface area contributed by atoms with E-state index >= 15 is 0 Å². The molecule has 0 amide bonds. The van der Waals surface area contributed by atoms with E-state index in [-0.39, 0.29) is 0 Å². The lowest BCUT2D eigenvalue weighted by Gasteiger charge is -2.30. The molecule has 4 heteroatoms. The first-order valence-corrected chi connectivity index (χ1v) is 12.0. The van der Waals surface area contributed by atoms with Gasteiger partial charge in [-0.2, -0.15) is 0 Å². The Bertz CT molecular complexity index is 780. The average molecular weight is 443 g/mol. The molecule has 0 aliphatic heterocycles. The predicted octanol–water partition coefficient (Wildman–Crippen LogP) is 5.36. The molecule has 0 atom stereocenters. The maximum Gasteiger partial charge on any atom is 0.104 e. The number of quaternary nitrogens is 2. The molecular formula is C28H46N2O2+2. The fourth-order valence-electron chi connectivity index (χ4n) is 4.20. The molecule has 0 bridgehead atoms. The molecule has 0 saturated heterocycles. The molecule has 0 heterocycles. The first-order valence-electron chi connectivity index (χ1n) is 12.0. The zero-order chi connectivity index (χ0) is 23.6. The van der Waals surface area contributed by atoms with Gasteiger partial charge in [0, 0.05) is 31.1 Å². The third kappa shape index (κ3) is 9.83. The first-order chi connectivity index (χ1) is 15.1. The van der Waals surface area contributed by atoms with Crippen molar-refractivity contribution in [3.05, 3.63) is 59.7 Å². The summed E-state index contributed by atoms with van der Waals surface area (Å²) in [6.07, 6.45) is 2.51. The molecule has 0 aliphatic rings. The van der Waals surface area contributed by atoms with E-state index < -0.39 is 0 Å². The van der Waals surface area contributed by atoms with Gasteiger partial charge in [0.1, 0.15) is 13.1 Å². The van der Waals surface area contributed by atoms with Gasteiger partial charge >= 0.3 is 0 Å². The van der Waals surface area contributed by atoms with Crippen LogP contribution in [0, 0.1) is 0 Å². The minimum Gasteiger partial charge on any atom is -0.384 e. The van der Waals surface area contributed by atoms with Crippen LogP contribution in [0.2, 0.25) is 0 Å². The van der Waals surface area contributed by atoms with Crippen molar-refractivity contribution in [3.63, 3.8) is 0 Å². The molecule has 0 fully saturated rings. The van der Waals surface area contributed by atoms with Crippen LogP contribution in [0.4, 0.5) is 0 Å². The van der Waals surface area contributed by atoms with E-state index in [9.17, 15) is 0 Å². The zero-order valence-corrected chi connectivity index (χ0v) is 21.6. The minimum absolute atomic E-state index is 0.318. The van der Waals surface area contributed by atoms with Crippen LogP contribution in [0.3, 0.4) is 0 Å². The van der Waals surface area contributed by atoms with Gasteiger partial charge in [-0.15, -0.1) is 0 Å². The maximum absolute atomic E-state index is 5.69. The summed E-state index contributed by atoms with van der Waals surface area (Å²) in [5.74, 6) is 0. The van der Waals surface area contributed by atoms with E-state index in [0.717, 1.165) is 61.2 Å². The first kappa shape index (κ1) is 26.5. The van der Waals surface area contributed by atoms with E-state index in [1.54, 1.807) is 7.11 Å². The molecule has 0 radical (unpaired) electrons. The average Bonchev–Trinajstić information content (AvgIpc) is 2.72.